The van der Waals surface area contributed by atoms with Crippen molar-refractivity contribution in [1.82, 2.24) is 14.8 Å². The van der Waals surface area contributed by atoms with Gasteiger partial charge in [0, 0.05) is 41.7 Å². The van der Waals surface area contributed by atoms with Crippen LogP contribution in [0.15, 0.2) is 47.9 Å². The quantitative estimate of drug-likeness (QED) is 0.405. The highest BCUT2D eigenvalue weighted by Gasteiger charge is 2.47. The number of thioether (sulfide) groups is 1. The summed E-state index contributed by atoms with van der Waals surface area (Å²) in [6.07, 6.45) is 8.41. The summed E-state index contributed by atoms with van der Waals surface area (Å²) in [6.45, 7) is -0.476. The number of methoxy groups -OCH3 is 1. The SMILES string of the molecule is C#Cc1cncc(S[C@H]2OC(CO)[C@H](O)[C@H](n3cc(-c4cc(F)c(F)c(F)c4)cn3)C2OC)c1. The highest BCUT2D eigenvalue weighted by molar-refractivity contribution is 7.99. The zero-order chi connectivity index (χ0) is 24.4. The van der Waals surface area contributed by atoms with E-state index in [2.05, 4.69) is 16.0 Å². The number of hydrogen-bond acceptors (Lipinski definition) is 7. The first-order valence-corrected chi connectivity index (χ1v) is 11.0. The molecule has 7 nitrogen and oxygen atoms in total. The van der Waals surface area contributed by atoms with E-state index in [1.165, 1.54) is 42.1 Å². The maximum absolute atomic E-state index is 13.7. The summed E-state index contributed by atoms with van der Waals surface area (Å²) in [4.78, 5) is 4.78. The maximum atomic E-state index is 13.7. The van der Waals surface area contributed by atoms with Crippen LogP contribution in [0.1, 0.15) is 11.6 Å². The number of aliphatic hydroxyl groups is 2. The van der Waals surface area contributed by atoms with Crippen molar-refractivity contribution < 1.29 is 32.9 Å². The van der Waals surface area contributed by atoms with Gasteiger partial charge >= 0.3 is 0 Å². The number of benzene rings is 1. The third-order valence-corrected chi connectivity index (χ3v) is 6.56. The molecule has 0 saturated carbocycles. The number of pyridine rings is 1. The van der Waals surface area contributed by atoms with Gasteiger partial charge in [0.15, 0.2) is 17.5 Å². The molecule has 1 aliphatic rings. The number of aromatic nitrogens is 3. The lowest BCUT2D eigenvalue weighted by Crippen LogP contribution is -2.55. The highest BCUT2D eigenvalue weighted by atomic mass is 32.2. The fourth-order valence-electron chi connectivity index (χ4n) is 3.78. The van der Waals surface area contributed by atoms with Gasteiger partial charge in [0.1, 0.15) is 29.8 Å². The fourth-order valence-corrected chi connectivity index (χ4v) is 4.97. The van der Waals surface area contributed by atoms with Crippen LogP contribution in [0.5, 0.6) is 0 Å². The van der Waals surface area contributed by atoms with Crippen molar-refractivity contribution in [1.29, 1.82) is 0 Å². The molecule has 2 aromatic heterocycles. The Morgan fingerprint density at radius 1 is 1.18 bits per heavy atom. The number of aliphatic hydroxyl groups excluding tert-OH is 2. The van der Waals surface area contributed by atoms with Gasteiger partial charge in [-0.05, 0) is 23.8 Å². The van der Waals surface area contributed by atoms with Crippen LogP contribution in [0.25, 0.3) is 11.1 Å². The minimum absolute atomic E-state index is 0.0694. The van der Waals surface area contributed by atoms with Gasteiger partial charge in [0.2, 0.25) is 0 Å². The van der Waals surface area contributed by atoms with E-state index >= 15 is 0 Å². The predicted octanol–water partition coefficient (Wildman–Crippen LogP) is 2.77. The van der Waals surface area contributed by atoms with E-state index < -0.39 is 53.8 Å². The molecule has 5 atom stereocenters. The van der Waals surface area contributed by atoms with Crippen LogP contribution in [0, 0.1) is 29.8 Å². The molecule has 0 bridgehead atoms. The summed E-state index contributed by atoms with van der Waals surface area (Å²) >= 11 is 1.25. The van der Waals surface area contributed by atoms with Gasteiger partial charge in [0.25, 0.3) is 0 Å². The fraction of sp³-hybridized carbons (Fsp3) is 0.304. The lowest BCUT2D eigenvalue weighted by molar-refractivity contribution is -0.186. The molecule has 3 heterocycles. The number of terminal acetylenes is 1. The van der Waals surface area contributed by atoms with Crippen LogP contribution in [0.4, 0.5) is 13.2 Å². The molecule has 1 aliphatic heterocycles. The Kier molecular flexibility index (Phi) is 7.25. The number of hydrogen-bond donors (Lipinski definition) is 2. The minimum atomic E-state index is -1.57. The zero-order valence-electron chi connectivity index (χ0n) is 17.8. The molecule has 2 N–H and O–H groups in total. The average molecular weight is 491 g/mol. The topological polar surface area (TPSA) is 89.6 Å². The molecule has 11 heteroatoms. The van der Waals surface area contributed by atoms with Crippen molar-refractivity contribution >= 4 is 11.8 Å². The van der Waals surface area contributed by atoms with E-state index in [1.54, 1.807) is 12.3 Å². The number of halogens is 3. The van der Waals surface area contributed by atoms with Crippen molar-refractivity contribution in [3.05, 3.63) is 66.0 Å². The normalized spacial score (nSPS) is 24.7. The second-order valence-corrected chi connectivity index (χ2v) is 8.71. The molecule has 1 fully saturated rings. The number of ether oxygens (including phenoxy) is 2. The van der Waals surface area contributed by atoms with Crippen LogP contribution >= 0.6 is 11.8 Å². The van der Waals surface area contributed by atoms with Gasteiger partial charge in [-0.1, -0.05) is 17.7 Å². The maximum Gasteiger partial charge on any atom is 0.194 e. The first-order valence-electron chi connectivity index (χ1n) is 10.1. The molecule has 0 amide bonds. The Hall–Kier alpha value is -2.88. The van der Waals surface area contributed by atoms with Crippen LogP contribution in [0.2, 0.25) is 0 Å². The Morgan fingerprint density at radius 3 is 2.56 bits per heavy atom. The van der Waals surface area contributed by atoms with Gasteiger partial charge in [-0.25, -0.2) is 13.2 Å². The van der Waals surface area contributed by atoms with Gasteiger partial charge in [0.05, 0.1) is 12.8 Å². The Bertz CT molecular complexity index is 1200. The summed E-state index contributed by atoms with van der Waals surface area (Å²) in [7, 11) is 1.44. The van der Waals surface area contributed by atoms with Crippen LogP contribution < -0.4 is 0 Å². The molecule has 34 heavy (non-hydrogen) atoms. The lowest BCUT2D eigenvalue weighted by atomic mass is 9.97. The molecule has 2 unspecified atom stereocenters. The molecule has 0 aliphatic carbocycles. The van der Waals surface area contributed by atoms with Crippen molar-refractivity contribution in [2.75, 3.05) is 13.7 Å². The molecule has 4 rings (SSSR count). The van der Waals surface area contributed by atoms with Gasteiger partial charge < -0.3 is 19.7 Å². The van der Waals surface area contributed by atoms with E-state index in [0.29, 0.717) is 16.0 Å². The number of nitrogens with zero attached hydrogens (tertiary/aromatic N) is 3. The Morgan fingerprint density at radius 2 is 1.91 bits per heavy atom. The summed E-state index contributed by atoms with van der Waals surface area (Å²) < 4.78 is 53.7. The largest absolute Gasteiger partial charge is 0.394 e. The van der Waals surface area contributed by atoms with E-state index in [9.17, 15) is 23.4 Å². The summed E-state index contributed by atoms with van der Waals surface area (Å²) in [5.74, 6) is -1.72. The number of rotatable bonds is 6. The van der Waals surface area contributed by atoms with E-state index in [1.807, 2.05) is 0 Å². The van der Waals surface area contributed by atoms with Crippen molar-refractivity contribution in [3.63, 3.8) is 0 Å². The Balaban J connectivity index is 1.67. The van der Waals surface area contributed by atoms with Gasteiger partial charge in [-0.2, -0.15) is 5.10 Å². The molecular weight excluding hydrogens is 471 g/mol. The molecule has 0 spiro atoms. The van der Waals surface area contributed by atoms with Gasteiger partial charge in [-0.3, -0.25) is 9.67 Å². The van der Waals surface area contributed by atoms with Crippen molar-refractivity contribution in [2.24, 2.45) is 0 Å². The summed E-state index contributed by atoms with van der Waals surface area (Å²) in [6, 6.07) is 2.62. The average Bonchev–Trinajstić information content (AvgIpc) is 3.32. The van der Waals surface area contributed by atoms with Crippen LogP contribution in [0.3, 0.4) is 0 Å². The molecule has 1 aromatic carbocycles. The monoisotopic (exact) mass is 491 g/mol. The van der Waals surface area contributed by atoms with E-state index in [0.717, 1.165) is 12.1 Å². The smallest absolute Gasteiger partial charge is 0.194 e. The second-order valence-electron chi connectivity index (χ2n) is 7.54. The van der Waals surface area contributed by atoms with Crippen molar-refractivity contribution in [3.8, 4) is 23.5 Å². The summed E-state index contributed by atoms with van der Waals surface area (Å²) in [5, 5.41) is 24.9. The highest BCUT2D eigenvalue weighted by Crippen LogP contribution is 2.40. The van der Waals surface area contributed by atoms with E-state index in [4.69, 9.17) is 15.9 Å². The second kappa shape index (κ2) is 10.2. The van der Waals surface area contributed by atoms with E-state index in [-0.39, 0.29) is 5.56 Å². The molecule has 0 radical (unpaired) electrons. The van der Waals surface area contributed by atoms with Crippen molar-refractivity contribution in [2.45, 2.75) is 34.7 Å². The third kappa shape index (κ3) is 4.68. The molecular formula is C23H20F3N3O4S. The standard InChI is InChI=1S/C23H20F3N3O4S/c1-3-12-4-15(9-27-7-12)34-23-22(32-2)20(21(31)18(11-30)33-23)29-10-14(8-28-29)13-5-16(24)19(26)17(25)6-13/h1,4-10,18,20-23,30-31H,11H2,2H3/t18?,20-,21-,22?,23+/m0/s1. The predicted molar refractivity (Wildman–Crippen MR) is 117 cm³/mol. The molecule has 1 saturated heterocycles. The molecule has 3 aromatic rings. The Labute approximate surface area is 197 Å². The first-order chi connectivity index (χ1) is 16.4. The van der Waals surface area contributed by atoms with Crippen LogP contribution in [-0.2, 0) is 9.47 Å². The lowest BCUT2D eigenvalue weighted by Gasteiger charge is -2.43. The summed E-state index contributed by atoms with van der Waals surface area (Å²) in [5.41, 5.74) is 0.237. The minimum Gasteiger partial charge on any atom is -0.394 e. The van der Waals surface area contributed by atoms with Crippen LogP contribution in [-0.4, -0.2) is 62.4 Å². The first kappa shape index (κ1) is 24.3. The molecule has 178 valence electrons. The zero-order valence-corrected chi connectivity index (χ0v) is 18.6. The van der Waals surface area contributed by atoms with Gasteiger partial charge in [-0.15, -0.1) is 6.42 Å². The third-order valence-electron chi connectivity index (χ3n) is 5.45.